The van der Waals surface area contributed by atoms with Crippen molar-refractivity contribution in [2.24, 2.45) is 0 Å². The van der Waals surface area contributed by atoms with E-state index in [0.29, 0.717) is 27.2 Å². The molecular weight excluding hydrogens is 285 g/mol. The second-order valence-corrected chi connectivity index (χ2v) is 5.01. The van der Waals surface area contributed by atoms with Crippen LogP contribution in [0.15, 0.2) is 24.3 Å². The van der Waals surface area contributed by atoms with E-state index >= 15 is 0 Å². The first-order valence-corrected chi connectivity index (χ1v) is 6.47. The largest absolute Gasteiger partial charge is 0.439 e. The van der Waals surface area contributed by atoms with Gasteiger partial charge in [0.2, 0.25) is 5.88 Å². The number of pyridine rings is 1. The molecule has 0 bridgehead atoms. The number of rotatable bonds is 3. The van der Waals surface area contributed by atoms with Crippen LogP contribution in [0.4, 0.5) is 0 Å². The van der Waals surface area contributed by atoms with E-state index in [4.69, 9.17) is 27.9 Å². The smallest absolute Gasteiger partial charge is 0.225 e. The molecule has 1 N–H and O–H groups in total. The summed E-state index contributed by atoms with van der Waals surface area (Å²) in [7, 11) is 0. The molecular formula is C14H13Cl2NO2. The highest BCUT2D eigenvalue weighted by atomic mass is 35.5. The lowest BCUT2D eigenvalue weighted by molar-refractivity contribution is 0.274. The van der Waals surface area contributed by atoms with Gasteiger partial charge in [-0.2, -0.15) is 0 Å². The maximum atomic E-state index is 9.40. The third kappa shape index (κ3) is 3.18. The number of benzene rings is 1. The van der Waals surface area contributed by atoms with Gasteiger partial charge in [-0.05, 0) is 37.6 Å². The Labute approximate surface area is 121 Å². The van der Waals surface area contributed by atoms with Crippen LogP contribution in [0, 0.1) is 13.8 Å². The molecule has 1 aromatic carbocycles. The fourth-order valence-corrected chi connectivity index (χ4v) is 2.05. The zero-order valence-electron chi connectivity index (χ0n) is 10.6. The topological polar surface area (TPSA) is 42.4 Å². The van der Waals surface area contributed by atoms with E-state index in [2.05, 4.69) is 4.98 Å². The number of aryl methyl sites for hydroxylation is 2. The second kappa shape index (κ2) is 5.78. The van der Waals surface area contributed by atoms with Gasteiger partial charge in [0.05, 0.1) is 16.7 Å². The van der Waals surface area contributed by atoms with Crippen molar-refractivity contribution < 1.29 is 9.84 Å². The SMILES string of the molecule is Cc1cc(C)c(CO)c(Oc2ccc(Cl)c(Cl)c2)n1. The van der Waals surface area contributed by atoms with Crippen LogP contribution in [-0.4, -0.2) is 10.1 Å². The van der Waals surface area contributed by atoms with E-state index in [1.54, 1.807) is 18.2 Å². The first kappa shape index (κ1) is 14.1. The predicted molar refractivity (Wildman–Crippen MR) is 76.2 cm³/mol. The molecule has 2 aromatic rings. The highest BCUT2D eigenvalue weighted by Crippen LogP contribution is 2.31. The molecule has 5 heteroatoms. The number of hydrogen-bond donors (Lipinski definition) is 1. The molecule has 3 nitrogen and oxygen atoms in total. The molecule has 2 rings (SSSR count). The summed E-state index contributed by atoms with van der Waals surface area (Å²) in [6.45, 7) is 3.65. The molecule has 1 heterocycles. The van der Waals surface area contributed by atoms with Gasteiger partial charge >= 0.3 is 0 Å². The summed E-state index contributed by atoms with van der Waals surface area (Å²) in [5.74, 6) is 0.917. The Kier molecular flexibility index (Phi) is 4.30. The van der Waals surface area contributed by atoms with Gasteiger partial charge in [-0.15, -0.1) is 0 Å². The van der Waals surface area contributed by atoms with Crippen LogP contribution >= 0.6 is 23.2 Å². The molecule has 0 amide bonds. The van der Waals surface area contributed by atoms with Crippen LogP contribution in [0.1, 0.15) is 16.8 Å². The summed E-state index contributed by atoms with van der Waals surface area (Å²) in [5, 5.41) is 10.3. The number of nitrogens with zero attached hydrogens (tertiary/aromatic N) is 1. The normalized spacial score (nSPS) is 10.6. The van der Waals surface area contributed by atoms with E-state index < -0.39 is 0 Å². The fourth-order valence-electron chi connectivity index (χ4n) is 1.76. The lowest BCUT2D eigenvalue weighted by Gasteiger charge is -2.12. The van der Waals surface area contributed by atoms with Crippen molar-refractivity contribution >= 4 is 23.2 Å². The zero-order chi connectivity index (χ0) is 14.0. The first-order chi connectivity index (χ1) is 9.01. The zero-order valence-corrected chi connectivity index (χ0v) is 12.1. The van der Waals surface area contributed by atoms with Crippen molar-refractivity contribution in [3.8, 4) is 11.6 Å². The number of ether oxygens (including phenoxy) is 1. The molecule has 0 fully saturated rings. The van der Waals surface area contributed by atoms with Crippen LogP contribution in [0.3, 0.4) is 0 Å². The fraction of sp³-hybridized carbons (Fsp3) is 0.214. The minimum atomic E-state index is -0.129. The molecule has 100 valence electrons. The van der Waals surface area contributed by atoms with Crippen LogP contribution in [0.2, 0.25) is 10.0 Å². The van der Waals surface area contributed by atoms with Crippen molar-refractivity contribution in [1.29, 1.82) is 0 Å². The lowest BCUT2D eigenvalue weighted by Crippen LogP contribution is -1.99. The molecule has 0 spiro atoms. The average Bonchev–Trinajstić information content (AvgIpc) is 2.33. The van der Waals surface area contributed by atoms with E-state index in [1.807, 2.05) is 19.9 Å². The number of hydrogen-bond acceptors (Lipinski definition) is 3. The Morgan fingerprint density at radius 3 is 2.53 bits per heavy atom. The van der Waals surface area contributed by atoms with Gasteiger partial charge in [0.25, 0.3) is 0 Å². The lowest BCUT2D eigenvalue weighted by atomic mass is 10.1. The Morgan fingerprint density at radius 1 is 1.16 bits per heavy atom. The van der Waals surface area contributed by atoms with Crippen LogP contribution in [0.5, 0.6) is 11.6 Å². The van der Waals surface area contributed by atoms with Gasteiger partial charge in [-0.3, -0.25) is 0 Å². The van der Waals surface area contributed by atoms with E-state index in [0.717, 1.165) is 11.3 Å². The Morgan fingerprint density at radius 2 is 1.89 bits per heavy atom. The van der Waals surface area contributed by atoms with Crippen molar-refractivity contribution in [3.05, 3.63) is 51.1 Å². The minimum Gasteiger partial charge on any atom is -0.439 e. The van der Waals surface area contributed by atoms with E-state index in [1.165, 1.54) is 0 Å². The average molecular weight is 298 g/mol. The highest BCUT2D eigenvalue weighted by molar-refractivity contribution is 6.42. The monoisotopic (exact) mass is 297 g/mol. The third-order valence-corrected chi connectivity index (χ3v) is 3.44. The molecule has 0 unspecified atom stereocenters. The van der Waals surface area contributed by atoms with Gasteiger partial charge in [0, 0.05) is 17.3 Å². The van der Waals surface area contributed by atoms with Crippen LogP contribution < -0.4 is 4.74 Å². The maximum Gasteiger partial charge on any atom is 0.225 e. The quantitative estimate of drug-likeness (QED) is 0.919. The van der Waals surface area contributed by atoms with Crippen LogP contribution in [-0.2, 0) is 6.61 Å². The van der Waals surface area contributed by atoms with Gasteiger partial charge < -0.3 is 9.84 Å². The molecule has 0 aliphatic rings. The predicted octanol–water partition coefficient (Wildman–Crippen LogP) is 4.29. The summed E-state index contributed by atoms with van der Waals surface area (Å²) in [5.41, 5.74) is 2.42. The van der Waals surface area contributed by atoms with Crippen molar-refractivity contribution in [3.63, 3.8) is 0 Å². The molecule has 0 saturated heterocycles. The molecule has 0 saturated carbocycles. The summed E-state index contributed by atoms with van der Waals surface area (Å²) >= 11 is 11.8. The van der Waals surface area contributed by atoms with Crippen LogP contribution in [0.25, 0.3) is 0 Å². The first-order valence-electron chi connectivity index (χ1n) is 5.72. The van der Waals surface area contributed by atoms with Gasteiger partial charge in [0.15, 0.2) is 0 Å². The summed E-state index contributed by atoms with van der Waals surface area (Å²) in [4.78, 5) is 4.29. The molecule has 0 aliphatic heterocycles. The summed E-state index contributed by atoms with van der Waals surface area (Å²) in [6, 6.07) is 6.87. The molecule has 0 atom stereocenters. The van der Waals surface area contributed by atoms with Gasteiger partial charge in [-0.25, -0.2) is 4.98 Å². The van der Waals surface area contributed by atoms with Crippen molar-refractivity contribution in [1.82, 2.24) is 4.98 Å². The van der Waals surface area contributed by atoms with E-state index in [-0.39, 0.29) is 6.61 Å². The van der Waals surface area contributed by atoms with Gasteiger partial charge in [0.1, 0.15) is 5.75 Å². The highest BCUT2D eigenvalue weighted by Gasteiger charge is 2.11. The van der Waals surface area contributed by atoms with Crippen molar-refractivity contribution in [2.45, 2.75) is 20.5 Å². The second-order valence-electron chi connectivity index (χ2n) is 4.20. The molecule has 0 radical (unpaired) electrons. The van der Waals surface area contributed by atoms with Crippen molar-refractivity contribution in [2.75, 3.05) is 0 Å². The summed E-state index contributed by atoms with van der Waals surface area (Å²) < 4.78 is 5.68. The molecule has 0 aliphatic carbocycles. The standard InChI is InChI=1S/C14H13Cl2NO2/c1-8-5-9(2)17-14(11(8)7-18)19-10-3-4-12(15)13(16)6-10/h3-6,18H,7H2,1-2H3. The Bertz CT molecular complexity index is 615. The number of aliphatic hydroxyl groups excluding tert-OH is 1. The summed E-state index contributed by atoms with van der Waals surface area (Å²) in [6.07, 6.45) is 0. The number of aliphatic hydroxyl groups is 1. The van der Waals surface area contributed by atoms with Gasteiger partial charge in [-0.1, -0.05) is 23.2 Å². The molecule has 19 heavy (non-hydrogen) atoms. The Balaban J connectivity index is 2.39. The maximum absolute atomic E-state index is 9.40. The minimum absolute atomic E-state index is 0.129. The Hall–Kier alpha value is -1.29. The third-order valence-electron chi connectivity index (χ3n) is 2.70. The number of halogens is 2. The molecule has 1 aromatic heterocycles. The number of aromatic nitrogens is 1. The van der Waals surface area contributed by atoms with E-state index in [9.17, 15) is 5.11 Å².